The lowest BCUT2D eigenvalue weighted by Crippen LogP contribution is -2.63. The maximum atomic E-state index is 16.7. The van der Waals surface area contributed by atoms with Gasteiger partial charge in [-0.05, 0) is 87.2 Å². The Morgan fingerprint density at radius 3 is 2.28 bits per heavy atom. The second-order valence-electron chi connectivity index (χ2n) is 16.7. The number of rotatable bonds is 8. The number of alkyl halides is 1. The van der Waals surface area contributed by atoms with Gasteiger partial charge in [-0.25, -0.2) is 19.0 Å². The quantitative estimate of drug-likeness (QED) is 0.212. The van der Waals surface area contributed by atoms with Crippen LogP contribution in [0.1, 0.15) is 59.7 Å². The molecule has 3 atom stereocenters. The molecule has 1 unspecified atom stereocenters. The summed E-state index contributed by atoms with van der Waals surface area (Å²) < 4.78 is 24.4. The number of carbonyl (C=O) groups is 4. The topological polar surface area (TPSA) is 172 Å². The Labute approximate surface area is 345 Å². The zero-order chi connectivity index (χ0) is 41.3. The molecular weight excluding hydrogens is 768 g/mol. The highest BCUT2D eigenvalue weighted by Gasteiger charge is 2.47. The fourth-order valence-corrected chi connectivity index (χ4v) is 9.60. The number of nitrogens with two attached hydrogens (primary N) is 1. The van der Waals surface area contributed by atoms with Crippen LogP contribution in [0.15, 0.2) is 79.1 Å². The Balaban J connectivity index is 0.758. The van der Waals surface area contributed by atoms with Gasteiger partial charge in [-0.2, -0.15) is 5.10 Å². The van der Waals surface area contributed by atoms with E-state index in [9.17, 15) is 19.2 Å². The largest absolute Gasteiger partial charge is 0.457 e. The van der Waals surface area contributed by atoms with Crippen LogP contribution in [0.2, 0.25) is 0 Å². The lowest BCUT2D eigenvalue weighted by atomic mass is 9.86. The van der Waals surface area contributed by atoms with Gasteiger partial charge < -0.3 is 15.4 Å². The zero-order valence-corrected chi connectivity index (χ0v) is 33.2. The molecule has 308 valence electrons. The van der Waals surface area contributed by atoms with Crippen LogP contribution in [0.25, 0.3) is 22.3 Å². The van der Waals surface area contributed by atoms with Crippen molar-refractivity contribution in [3.05, 3.63) is 90.3 Å². The molecule has 16 heteroatoms. The van der Waals surface area contributed by atoms with Gasteiger partial charge in [0.25, 0.3) is 11.8 Å². The van der Waals surface area contributed by atoms with Crippen molar-refractivity contribution in [1.82, 2.24) is 39.8 Å². The number of nitrogens with zero attached hydrogens (tertiary/aromatic N) is 8. The highest BCUT2D eigenvalue weighted by atomic mass is 19.1. The number of halogens is 1. The number of nitrogen functional groups attached to an aromatic ring is 1. The van der Waals surface area contributed by atoms with E-state index in [1.54, 1.807) is 16.8 Å². The van der Waals surface area contributed by atoms with Gasteiger partial charge in [0.15, 0.2) is 5.65 Å². The SMILES string of the molecule is C[C@@]1(n2nc(-c3ccc(Oc4ccccc4)cc3)c3c(N)ncnc32)CCN(C2CCN(C3CN(c4ccc5c(c4)C(=O)N(C4CCC(=O)NC4=O)C5=O)C3)CC2)C[C@H]1F. The molecule has 0 aliphatic carbocycles. The lowest BCUT2D eigenvalue weighted by molar-refractivity contribution is -0.136. The number of carbonyl (C=O) groups excluding carboxylic acids is 4. The first kappa shape index (κ1) is 38.0. The number of ether oxygens (including phenoxy) is 1. The smallest absolute Gasteiger partial charge is 0.262 e. The van der Waals surface area contributed by atoms with Crippen LogP contribution in [0.5, 0.6) is 11.5 Å². The number of aromatic nitrogens is 4. The van der Waals surface area contributed by atoms with Crippen LogP contribution < -0.4 is 20.7 Å². The summed E-state index contributed by atoms with van der Waals surface area (Å²) in [5.74, 6) is -0.323. The fraction of sp³-hybridized carbons (Fsp3) is 0.386. The van der Waals surface area contributed by atoms with Gasteiger partial charge in [0, 0.05) is 69.0 Å². The fourth-order valence-electron chi connectivity index (χ4n) is 9.60. The number of hydrogen-bond acceptors (Lipinski definition) is 12. The highest BCUT2D eigenvalue weighted by Crippen LogP contribution is 2.40. The van der Waals surface area contributed by atoms with Crippen molar-refractivity contribution in [2.75, 3.05) is 49.9 Å². The molecular formula is C44H45FN10O5. The predicted molar refractivity (Wildman–Crippen MR) is 220 cm³/mol. The third-order valence-electron chi connectivity index (χ3n) is 13.2. The van der Waals surface area contributed by atoms with Crippen LogP contribution in [0.4, 0.5) is 15.9 Å². The van der Waals surface area contributed by atoms with E-state index in [0.717, 1.165) is 67.5 Å². The number of likely N-dealkylation sites (tertiary alicyclic amines) is 2. The molecule has 3 aromatic carbocycles. The molecule has 0 bridgehead atoms. The summed E-state index contributed by atoms with van der Waals surface area (Å²) in [7, 11) is 0. The summed E-state index contributed by atoms with van der Waals surface area (Å²) in [5, 5.41) is 7.85. The van der Waals surface area contributed by atoms with Gasteiger partial charge in [-0.1, -0.05) is 18.2 Å². The summed E-state index contributed by atoms with van der Waals surface area (Å²) in [6.45, 7) is 6.33. The summed E-state index contributed by atoms with van der Waals surface area (Å²) >= 11 is 0. The molecule has 2 aromatic heterocycles. The number of amides is 4. The molecule has 0 spiro atoms. The molecule has 3 N–H and O–H groups in total. The molecule has 60 heavy (non-hydrogen) atoms. The van der Waals surface area contributed by atoms with Crippen LogP contribution in [-0.4, -0.2) is 122 Å². The average molecular weight is 813 g/mol. The number of anilines is 2. The predicted octanol–water partition coefficient (Wildman–Crippen LogP) is 4.38. The summed E-state index contributed by atoms with van der Waals surface area (Å²) in [6, 6.07) is 22.0. The molecule has 5 aromatic rings. The van der Waals surface area contributed by atoms with Gasteiger partial charge >= 0.3 is 0 Å². The number of para-hydroxylation sites is 1. The van der Waals surface area contributed by atoms with Crippen molar-refractivity contribution in [2.45, 2.75) is 68.9 Å². The van der Waals surface area contributed by atoms with E-state index in [1.807, 2.05) is 67.6 Å². The second kappa shape index (κ2) is 14.8. The minimum atomic E-state index is -1.20. The van der Waals surface area contributed by atoms with E-state index in [2.05, 4.69) is 30.0 Å². The number of hydrogen-bond donors (Lipinski definition) is 2. The molecule has 4 amide bonds. The minimum Gasteiger partial charge on any atom is -0.457 e. The maximum Gasteiger partial charge on any atom is 0.262 e. The molecule has 5 aliphatic rings. The molecule has 15 nitrogen and oxygen atoms in total. The summed E-state index contributed by atoms with van der Waals surface area (Å²) in [4.78, 5) is 67.5. The third kappa shape index (κ3) is 6.45. The van der Waals surface area contributed by atoms with E-state index in [0.29, 0.717) is 47.3 Å². The van der Waals surface area contributed by atoms with E-state index in [4.69, 9.17) is 15.6 Å². The van der Waals surface area contributed by atoms with Crippen molar-refractivity contribution in [2.24, 2.45) is 0 Å². The molecule has 10 rings (SSSR count). The van der Waals surface area contributed by atoms with Crippen LogP contribution in [-0.2, 0) is 15.1 Å². The molecule has 4 fully saturated rings. The third-order valence-corrected chi connectivity index (χ3v) is 13.2. The van der Waals surface area contributed by atoms with Crippen molar-refractivity contribution in [1.29, 1.82) is 0 Å². The van der Waals surface area contributed by atoms with Gasteiger partial charge in [0.05, 0.1) is 22.1 Å². The van der Waals surface area contributed by atoms with Gasteiger partial charge in [0.2, 0.25) is 11.8 Å². The lowest BCUT2D eigenvalue weighted by Gasteiger charge is -2.51. The first-order valence-electron chi connectivity index (χ1n) is 20.6. The van der Waals surface area contributed by atoms with Gasteiger partial charge in [-0.3, -0.25) is 39.2 Å². The minimum absolute atomic E-state index is 0.0798. The van der Waals surface area contributed by atoms with Crippen molar-refractivity contribution < 1.29 is 28.3 Å². The Kier molecular flexibility index (Phi) is 9.35. The second-order valence-corrected chi connectivity index (χ2v) is 16.7. The highest BCUT2D eigenvalue weighted by molar-refractivity contribution is 6.23. The first-order valence-corrected chi connectivity index (χ1v) is 20.6. The standard InChI is InChI=1S/C44H45FN10O5/c1-44(55-40-37(39(46)47-25-48-40)38(50-55)26-7-10-31(11-8-26)60-30-5-3-2-4-6-30)17-20-52(24-35(44)45)27-15-18-51(19-16-27)29-22-53(23-29)28-9-12-32-33(21-28)43(59)54(42(32)58)34-13-14-36(56)49-41(34)57/h2-12,21,25,27,29,34-35H,13-20,22-24H2,1H3,(H2,46,47,48)(H,49,56,57)/t34?,35-,44-/m1/s1. The van der Waals surface area contributed by atoms with E-state index in [-0.39, 0.29) is 30.0 Å². The Morgan fingerprint density at radius 2 is 1.55 bits per heavy atom. The Hall–Kier alpha value is -6.26. The van der Waals surface area contributed by atoms with Crippen LogP contribution in [0.3, 0.4) is 0 Å². The number of fused-ring (bicyclic) bond motifs is 2. The normalized spacial score (nSPS) is 24.5. The number of piperidine rings is 3. The van der Waals surface area contributed by atoms with Crippen LogP contribution >= 0.6 is 0 Å². The van der Waals surface area contributed by atoms with E-state index >= 15 is 4.39 Å². The van der Waals surface area contributed by atoms with Crippen molar-refractivity contribution in [3.63, 3.8) is 0 Å². The number of nitrogens with one attached hydrogen (secondary N) is 1. The van der Waals surface area contributed by atoms with E-state index < -0.39 is 41.4 Å². The average Bonchev–Trinajstić information content (AvgIpc) is 3.75. The molecule has 0 radical (unpaired) electrons. The first-order chi connectivity index (χ1) is 29.1. The number of benzene rings is 3. The van der Waals surface area contributed by atoms with Crippen molar-refractivity contribution in [3.8, 4) is 22.8 Å². The Morgan fingerprint density at radius 1 is 0.817 bits per heavy atom. The molecule has 4 saturated heterocycles. The van der Waals surface area contributed by atoms with E-state index in [1.165, 1.54) is 6.33 Å². The molecule has 0 saturated carbocycles. The summed E-state index contributed by atoms with van der Waals surface area (Å²) in [5.41, 5.74) is 8.82. The van der Waals surface area contributed by atoms with Crippen LogP contribution in [0, 0.1) is 0 Å². The van der Waals surface area contributed by atoms with Crippen molar-refractivity contribution >= 4 is 46.2 Å². The maximum absolute atomic E-state index is 16.7. The Bertz CT molecular complexity index is 2520. The summed E-state index contributed by atoms with van der Waals surface area (Å²) in [6.07, 6.45) is 2.83. The molecule has 7 heterocycles. The number of imide groups is 2. The van der Waals surface area contributed by atoms with Gasteiger partial charge in [0.1, 0.15) is 41.6 Å². The monoisotopic (exact) mass is 812 g/mol. The van der Waals surface area contributed by atoms with Gasteiger partial charge in [-0.15, -0.1) is 0 Å². The molecule has 5 aliphatic heterocycles. The zero-order valence-electron chi connectivity index (χ0n) is 33.2.